The monoisotopic (exact) mass is 533 g/mol. The van der Waals surface area contributed by atoms with Crippen molar-refractivity contribution in [3.8, 4) is 6.07 Å². The van der Waals surface area contributed by atoms with Gasteiger partial charge in [-0.2, -0.15) is 5.26 Å². The molecule has 10 heteroatoms. The van der Waals surface area contributed by atoms with Gasteiger partial charge in [-0.25, -0.2) is 0 Å². The van der Waals surface area contributed by atoms with Crippen LogP contribution in [-0.2, 0) is 19.1 Å². The van der Waals surface area contributed by atoms with Crippen molar-refractivity contribution in [3.05, 3.63) is 74.2 Å². The summed E-state index contributed by atoms with van der Waals surface area (Å²) in [6, 6.07) is 15.7. The maximum absolute atomic E-state index is 12.8. The molecule has 32 heavy (non-hydrogen) atoms. The molecule has 164 valence electrons. The number of methoxy groups -OCH3 is 1. The van der Waals surface area contributed by atoms with Crippen LogP contribution >= 0.6 is 39.3 Å². The van der Waals surface area contributed by atoms with Gasteiger partial charge >= 0.3 is 5.97 Å². The Morgan fingerprint density at radius 3 is 2.47 bits per heavy atom. The molecule has 2 aromatic carbocycles. The molecule has 0 aromatic heterocycles. The normalized spacial score (nSPS) is 17.9. The lowest BCUT2D eigenvalue weighted by atomic mass is 9.78. The Balaban J connectivity index is 1.87. The van der Waals surface area contributed by atoms with Crippen LogP contribution in [0.2, 0.25) is 5.02 Å². The third-order valence-electron chi connectivity index (χ3n) is 4.69. The van der Waals surface area contributed by atoms with Crippen molar-refractivity contribution in [2.75, 3.05) is 18.2 Å². The zero-order valence-electron chi connectivity index (χ0n) is 16.7. The number of ether oxygens (including phenoxy) is 1. The number of rotatable bonds is 6. The minimum atomic E-state index is -1.24. The van der Waals surface area contributed by atoms with Crippen LogP contribution in [0.4, 0.5) is 5.69 Å². The Labute approximate surface area is 202 Å². The third-order valence-corrected chi connectivity index (χ3v) is 6.49. The van der Waals surface area contributed by atoms with Gasteiger partial charge in [0.15, 0.2) is 0 Å². The SMILES string of the molecule is COC(=O)[C@@H]1C(=O)NC(SCC(=O)Nc2ccc(Br)cc2)=C(C#N)[C@H]1c1ccc(Cl)cc1. The van der Waals surface area contributed by atoms with Crippen LogP contribution in [0.25, 0.3) is 0 Å². The fraction of sp³-hybridized carbons (Fsp3) is 0.182. The summed E-state index contributed by atoms with van der Waals surface area (Å²) in [6.45, 7) is 0. The summed E-state index contributed by atoms with van der Waals surface area (Å²) in [5.41, 5.74) is 1.35. The maximum Gasteiger partial charge on any atom is 0.319 e. The van der Waals surface area contributed by atoms with Gasteiger partial charge in [-0.15, -0.1) is 0 Å². The highest BCUT2D eigenvalue weighted by Gasteiger charge is 2.44. The van der Waals surface area contributed by atoms with Crippen LogP contribution < -0.4 is 10.6 Å². The van der Waals surface area contributed by atoms with E-state index >= 15 is 0 Å². The first-order chi connectivity index (χ1) is 15.3. The molecule has 0 fully saturated rings. The summed E-state index contributed by atoms with van der Waals surface area (Å²) < 4.78 is 5.69. The Hall–Kier alpha value is -2.80. The van der Waals surface area contributed by atoms with Crippen molar-refractivity contribution in [1.82, 2.24) is 5.32 Å². The molecule has 0 bridgehead atoms. The molecule has 0 unspecified atom stereocenters. The summed E-state index contributed by atoms with van der Waals surface area (Å²) in [5, 5.41) is 15.9. The van der Waals surface area contributed by atoms with E-state index < -0.39 is 23.7 Å². The van der Waals surface area contributed by atoms with E-state index in [9.17, 15) is 19.6 Å². The van der Waals surface area contributed by atoms with Gasteiger partial charge in [-0.3, -0.25) is 14.4 Å². The number of nitrogens with zero attached hydrogens (tertiary/aromatic N) is 1. The smallest absolute Gasteiger partial charge is 0.319 e. The number of thioether (sulfide) groups is 1. The van der Waals surface area contributed by atoms with Crippen LogP contribution in [-0.4, -0.2) is 30.6 Å². The Kier molecular flexibility index (Phi) is 7.96. The zero-order chi connectivity index (χ0) is 23.3. The van der Waals surface area contributed by atoms with Gasteiger partial charge in [0.1, 0.15) is 5.92 Å². The molecule has 0 radical (unpaired) electrons. The molecule has 7 nitrogen and oxygen atoms in total. The average molecular weight is 535 g/mol. The predicted octanol–water partition coefficient (Wildman–Crippen LogP) is 4.21. The van der Waals surface area contributed by atoms with Crippen molar-refractivity contribution in [2.24, 2.45) is 5.92 Å². The summed E-state index contributed by atoms with van der Waals surface area (Å²) in [5.74, 6) is -3.83. The summed E-state index contributed by atoms with van der Waals surface area (Å²) in [4.78, 5) is 37.5. The lowest BCUT2D eigenvalue weighted by molar-refractivity contribution is -0.150. The molecule has 1 aliphatic rings. The van der Waals surface area contributed by atoms with Gasteiger partial charge in [0, 0.05) is 21.1 Å². The Morgan fingerprint density at radius 2 is 1.88 bits per heavy atom. The van der Waals surface area contributed by atoms with Crippen molar-refractivity contribution in [1.29, 1.82) is 5.26 Å². The van der Waals surface area contributed by atoms with Crippen LogP contribution in [0.5, 0.6) is 0 Å². The highest BCUT2D eigenvalue weighted by Crippen LogP contribution is 2.40. The number of amides is 2. The molecule has 1 heterocycles. The largest absolute Gasteiger partial charge is 0.468 e. The number of nitrogens with one attached hydrogen (secondary N) is 2. The predicted molar refractivity (Wildman–Crippen MR) is 126 cm³/mol. The molecule has 0 spiro atoms. The number of benzene rings is 2. The Bertz CT molecular complexity index is 1110. The topological polar surface area (TPSA) is 108 Å². The molecular weight excluding hydrogens is 518 g/mol. The van der Waals surface area contributed by atoms with Gasteiger partial charge in [0.25, 0.3) is 0 Å². The van der Waals surface area contributed by atoms with Gasteiger partial charge in [-0.1, -0.05) is 51.4 Å². The van der Waals surface area contributed by atoms with E-state index in [4.69, 9.17) is 16.3 Å². The van der Waals surface area contributed by atoms with Crippen molar-refractivity contribution < 1.29 is 19.1 Å². The van der Waals surface area contributed by atoms with Crippen molar-refractivity contribution >= 4 is 62.8 Å². The van der Waals surface area contributed by atoms with Crippen molar-refractivity contribution in [2.45, 2.75) is 5.92 Å². The quantitative estimate of drug-likeness (QED) is 0.425. The van der Waals surface area contributed by atoms with Gasteiger partial charge in [0.2, 0.25) is 11.8 Å². The highest BCUT2D eigenvalue weighted by atomic mass is 79.9. The van der Waals surface area contributed by atoms with E-state index in [0.29, 0.717) is 16.3 Å². The molecule has 2 N–H and O–H groups in total. The van der Waals surface area contributed by atoms with Crippen LogP contribution in [0.3, 0.4) is 0 Å². The molecule has 2 atom stereocenters. The second-order valence-corrected chi connectivity index (χ2v) is 9.06. The van der Waals surface area contributed by atoms with Gasteiger partial charge in [0.05, 0.1) is 29.5 Å². The molecule has 0 saturated heterocycles. The number of hydrogen-bond acceptors (Lipinski definition) is 6. The minimum absolute atomic E-state index is 0.0485. The Morgan fingerprint density at radius 1 is 1.22 bits per heavy atom. The number of allylic oxidation sites excluding steroid dienone is 1. The number of halogens is 2. The molecule has 0 saturated carbocycles. The second kappa shape index (κ2) is 10.7. The number of carbonyl (C=O) groups is 3. The zero-order valence-corrected chi connectivity index (χ0v) is 19.9. The van der Waals surface area contributed by atoms with E-state index in [1.54, 1.807) is 48.5 Å². The van der Waals surface area contributed by atoms with Crippen molar-refractivity contribution in [3.63, 3.8) is 0 Å². The molecule has 3 rings (SSSR count). The van der Waals surface area contributed by atoms with E-state index in [-0.39, 0.29) is 22.3 Å². The molecular formula is C22H17BrClN3O4S. The van der Waals surface area contributed by atoms with E-state index in [2.05, 4.69) is 32.6 Å². The number of anilines is 1. The second-order valence-electron chi connectivity index (χ2n) is 6.72. The maximum atomic E-state index is 12.8. The number of hydrogen-bond donors (Lipinski definition) is 2. The molecule has 2 amide bonds. The van der Waals surface area contributed by atoms with Crippen LogP contribution in [0, 0.1) is 17.2 Å². The van der Waals surface area contributed by atoms with Crippen LogP contribution in [0.1, 0.15) is 11.5 Å². The standard InChI is InChI=1S/C22H17BrClN3O4S/c1-31-22(30)19-18(12-2-6-14(24)7-3-12)16(10-25)21(27-20(19)29)32-11-17(28)26-15-8-4-13(23)5-9-15/h2-9,18-19H,11H2,1H3,(H,26,28)(H,27,29)/t18-,19+/m1/s1. The number of esters is 1. The van der Waals surface area contributed by atoms with Gasteiger partial charge < -0.3 is 15.4 Å². The van der Waals surface area contributed by atoms with E-state index in [1.807, 2.05) is 0 Å². The summed E-state index contributed by atoms with van der Waals surface area (Å²) in [6.07, 6.45) is 0. The molecule has 2 aromatic rings. The molecule has 1 aliphatic heterocycles. The highest BCUT2D eigenvalue weighted by molar-refractivity contribution is 9.10. The van der Waals surface area contributed by atoms with E-state index in [1.165, 1.54) is 7.11 Å². The van der Waals surface area contributed by atoms with Crippen LogP contribution in [0.15, 0.2) is 63.6 Å². The molecule has 0 aliphatic carbocycles. The fourth-order valence-corrected chi connectivity index (χ4v) is 4.46. The fourth-order valence-electron chi connectivity index (χ4n) is 3.22. The average Bonchev–Trinajstić information content (AvgIpc) is 2.78. The van der Waals surface area contributed by atoms with Gasteiger partial charge in [-0.05, 0) is 42.0 Å². The van der Waals surface area contributed by atoms with E-state index in [0.717, 1.165) is 16.2 Å². The first kappa shape index (κ1) is 23.9. The lowest BCUT2D eigenvalue weighted by Crippen LogP contribution is -2.44. The first-order valence-corrected chi connectivity index (χ1v) is 11.5. The summed E-state index contributed by atoms with van der Waals surface area (Å²) >= 11 is 10.3. The summed E-state index contributed by atoms with van der Waals surface area (Å²) in [7, 11) is 1.18. The third kappa shape index (κ3) is 5.51. The first-order valence-electron chi connectivity index (χ1n) is 9.30. The number of nitriles is 1. The lowest BCUT2D eigenvalue weighted by Gasteiger charge is -2.30. The number of carbonyl (C=O) groups excluding carboxylic acids is 3. The minimum Gasteiger partial charge on any atom is -0.468 e.